The lowest BCUT2D eigenvalue weighted by atomic mass is 10.1. The highest BCUT2D eigenvalue weighted by molar-refractivity contribution is 7.48. The highest BCUT2D eigenvalue weighted by Crippen LogP contribution is 2.49. The third-order valence-electron chi connectivity index (χ3n) is 4.31. The van der Waals surface area contributed by atoms with Crippen molar-refractivity contribution in [3.63, 3.8) is 0 Å². The summed E-state index contributed by atoms with van der Waals surface area (Å²) >= 11 is 0. The Bertz CT molecular complexity index is 785. The third kappa shape index (κ3) is 12.4. The van der Waals surface area contributed by atoms with Crippen molar-refractivity contribution in [2.45, 2.75) is 72.0 Å². The molecule has 10 nitrogen and oxygen atoms in total. The maximum Gasteiger partial charge on any atom is 0.530 e. The number of hydrogen-bond donors (Lipinski definition) is 3. The Labute approximate surface area is 202 Å². The van der Waals surface area contributed by atoms with E-state index in [0.29, 0.717) is 18.7 Å². The van der Waals surface area contributed by atoms with Crippen molar-refractivity contribution in [3.05, 3.63) is 29.8 Å². The Morgan fingerprint density at radius 1 is 0.941 bits per heavy atom. The molecule has 0 saturated carbocycles. The number of aliphatic hydroxyl groups excluding tert-OH is 1. The lowest BCUT2D eigenvalue weighted by Gasteiger charge is -2.19. The number of phosphoric acid groups is 1. The molecule has 0 spiro atoms. The van der Waals surface area contributed by atoms with E-state index < -0.39 is 31.5 Å². The van der Waals surface area contributed by atoms with Crippen molar-refractivity contribution in [2.75, 3.05) is 26.3 Å². The summed E-state index contributed by atoms with van der Waals surface area (Å²) in [5.41, 5.74) is -0.138. The molecule has 0 bridgehead atoms. The maximum atomic E-state index is 12.4. The monoisotopic (exact) mass is 502 g/mol. The first-order valence-corrected chi connectivity index (χ1v) is 13.1. The van der Waals surface area contributed by atoms with E-state index in [2.05, 4.69) is 10.6 Å². The summed E-state index contributed by atoms with van der Waals surface area (Å²) < 4.78 is 33.1. The second-order valence-electron chi connectivity index (χ2n) is 8.48. The van der Waals surface area contributed by atoms with Gasteiger partial charge in [0.25, 0.3) is 5.91 Å². The molecule has 3 N–H and O–H groups in total. The first-order valence-electron chi connectivity index (χ1n) is 11.6. The number of unbranched alkanes of at least 4 members (excludes halogenated alkanes) is 3. The van der Waals surface area contributed by atoms with Gasteiger partial charge in [-0.05, 0) is 65.2 Å². The topological polar surface area (TPSA) is 132 Å². The number of alkyl carbamates (subject to hydrolysis) is 1. The average molecular weight is 503 g/mol. The third-order valence-corrected chi connectivity index (χ3v) is 5.89. The number of carbonyl (C=O) groups excluding carboxylic acids is 2. The molecule has 11 heteroatoms. The van der Waals surface area contributed by atoms with E-state index >= 15 is 0 Å². The molecule has 0 heterocycles. The van der Waals surface area contributed by atoms with Gasteiger partial charge in [0, 0.05) is 13.1 Å². The van der Waals surface area contributed by atoms with E-state index in [1.807, 2.05) is 20.8 Å². The molecular weight excluding hydrogens is 463 g/mol. The molecule has 0 aromatic heterocycles. The van der Waals surface area contributed by atoms with Gasteiger partial charge in [-0.15, -0.1) is 0 Å². The van der Waals surface area contributed by atoms with Crippen LogP contribution in [0.1, 0.15) is 72.0 Å². The quantitative estimate of drug-likeness (QED) is 0.236. The highest BCUT2D eigenvalue weighted by Gasteiger charge is 2.27. The zero-order chi connectivity index (χ0) is 25.6. The lowest BCUT2D eigenvalue weighted by molar-refractivity contribution is -0.129. The van der Waals surface area contributed by atoms with Crippen molar-refractivity contribution in [3.8, 4) is 5.75 Å². The Morgan fingerprint density at radius 3 is 1.97 bits per heavy atom. The van der Waals surface area contributed by atoms with Crippen LogP contribution in [0.5, 0.6) is 5.75 Å². The van der Waals surface area contributed by atoms with Gasteiger partial charge >= 0.3 is 13.9 Å². The van der Waals surface area contributed by atoms with E-state index in [1.54, 1.807) is 13.8 Å². The summed E-state index contributed by atoms with van der Waals surface area (Å²) in [7, 11) is -3.71. The molecule has 1 rings (SSSR count). The SMILES string of the molecule is CCOP(=O)(OCC)Oc1ccc(C(O)C(=O)NCCCCCCNC(=O)OC(C)(C)C)cc1. The normalized spacial score (nSPS) is 12.6. The highest BCUT2D eigenvalue weighted by atomic mass is 31.2. The molecule has 0 aliphatic rings. The van der Waals surface area contributed by atoms with Crippen LogP contribution >= 0.6 is 7.82 Å². The Kier molecular flexibility index (Phi) is 13.2. The number of aliphatic hydroxyl groups is 1. The van der Waals surface area contributed by atoms with E-state index in [0.717, 1.165) is 25.7 Å². The second kappa shape index (κ2) is 15.0. The van der Waals surface area contributed by atoms with Crippen molar-refractivity contribution >= 4 is 19.8 Å². The van der Waals surface area contributed by atoms with Gasteiger partial charge in [0.1, 0.15) is 11.4 Å². The molecule has 1 unspecified atom stereocenters. The molecule has 1 aromatic rings. The van der Waals surface area contributed by atoms with E-state index in [4.69, 9.17) is 18.3 Å². The van der Waals surface area contributed by atoms with Crippen LogP contribution in [0.4, 0.5) is 4.79 Å². The van der Waals surface area contributed by atoms with Crippen molar-refractivity contribution in [2.24, 2.45) is 0 Å². The smallest absolute Gasteiger partial charge is 0.444 e. The number of hydrogen-bond acceptors (Lipinski definition) is 8. The minimum Gasteiger partial charge on any atom is -0.444 e. The average Bonchev–Trinajstić information content (AvgIpc) is 2.74. The number of amides is 2. The van der Waals surface area contributed by atoms with Crippen molar-refractivity contribution in [1.29, 1.82) is 0 Å². The zero-order valence-electron chi connectivity index (χ0n) is 20.8. The van der Waals surface area contributed by atoms with Gasteiger partial charge in [0.2, 0.25) is 0 Å². The summed E-state index contributed by atoms with van der Waals surface area (Å²) in [4.78, 5) is 23.8. The summed E-state index contributed by atoms with van der Waals surface area (Å²) in [6, 6.07) is 6.00. The van der Waals surface area contributed by atoms with E-state index in [1.165, 1.54) is 24.3 Å². The predicted molar refractivity (Wildman–Crippen MR) is 129 cm³/mol. The van der Waals surface area contributed by atoms with Crippen LogP contribution < -0.4 is 15.2 Å². The first kappa shape index (κ1) is 29.9. The molecule has 34 heavy (non-hydrogen) atoms. The molecule has 0 aliphatic carbocycles. The van der Waals surface area contributed by atoms with Gasteiger partial charge < -0.3 is 25.0 Å². The van der Waals surface area contributed by atoms with Crippen LogP contribution in [0.3, 0.4) is 0 Å². The van der Waals surface area contributed by atoms with Crippen molar-refractivity contribution in [1.82, 2.24) is 10.6 Å². The van der Waals surface area contributed by atoms with E-state index in [9.17, 15) is 19.3 Å². The fraction of sp³-hybridized carbons (Fsp3) is 0.652. The van der Waals surface area contributed by atoms with E-state index in [-0.39, 0.29) is 19.0 Å². The number of nitrogens with one attached hydrogen (secondary N) is 2. The lowest BCUT2D eigenvalue weighted by Crippen LogP contribution is -2.33. The van der Waals surface area contributed by atoms with Crippen LogP contribution in [-0.2, 0) is 23.1 Å². The molecule has 0 radical (unpaired) electrons. The fourth-order valence-electron chi connectivity index (χ4n) is 2.81. The van der Waals surface area contributed by atoms with Gasteiger partial charge in [0.15, 0.2) is 6.10 Å². The predicted octanol–water partition coefficient (Wildman–Crippen LogP) is 4.48. The Hall–Kier alpha value is -2.13. The van der Waals surface area contributed by atoms with Gasteiger partial charge in [-0.3, -0.25) is 13.8 Å². The van der Waals surface area contributed by atoms with Crippen LogP contribution in [0, 0.1) is 0 Å². The molecule has 0 fully saturated rings. The maximum absolute atomic E-state index is 12.4. The summed E-state index contributed by atoms with van der Waals surface area (Å²) in [6.45, 7) is 10.1. The standard InChI is InChI=1S/C23H39N2O8P/c1-6-30-34(29,31-7-2)33-19-14-12-18(13-15-19)20(26)21(27)24-16-10-8-9-11-17-25-22(28)32-23(3,4)5/h12-15,20,26H,6-11,16-17H2,1-5H3,(H,24,27)(H,25,28). The van der Waals surface area contributed by atoms with Crippen molar-refractivity contribution < 1.29 is 37.6 Å². The van der Waals surface area contributed by atoms with Crippen LogP contribution in [-0.4, -0.2) is 49.0 Å². The summed E-state index contributed by atoms with van der Waals surface area (Å²) in [6.07, 6.45) is 1.57. The number of rotatable bonds is 15. The first-order chi connectivity index (χ1) is 16.0. The van der Waals surface area contributed by atoms with Crippen LogP contribution in [0.15, 0.2) is 24.3 Å². The van der Waals surface area contributed by atoms with Crippen LogP contribution in [0.2, 0.25) is 0 Å². The number of phosphoric ester groups is 1. The summed E-state index contributed by atoms with van der Waals surface area (Å²) in [5.74, 6) is -0.266. The molecule has 1 aromatic carbocycles. The van der Waals surface area contributed by atoms with Gasteiger partial charge in [-0.2, -0.15) is 0 Å². The molecule has 1 atom stereocenters. The molecule has 0 saturated heterocycles. The van der Waals surface area contributed by atoms with Crippen LogP contribution in [0.25, 0.3) is 0 Å². The van der Waals surface area contributed by atoms with Gasteiger partial charge in [0.05, 0.1) is 13.2 Å². The largest absolute Gasteiger partial charge is 0.530 e. The number of benzene rings is 1. The zero-order valence-corrected chi connectivity index (χ0v) is 21.7. The van der Waals surface area contributed by atoms with Gasteiger partial charge in [-0.25, -0.2) is 9.36 Å². The molecule has 0 aliphatic heterocycles. The number of ether oxygens (including phenoxy) is 1. The molecular formula is C23H39N2O8P. The minimum absolute atomic E-state index is 0.164. The molecule has 194 valence electrons. The summed E-state index contributed by atoms with van der Waals surface area (Å²) in [5, 5.41) is 15.7. The Morgan fingerprint density at radius 2 is 1.47 bits per heavy atom. The second-order valence-corrected chi connectivity index (χ2v) is 10.1. The van der Waals surface area contributed by atoms with Gasteiger partial charge in [-0.1, -0.05) is 25.0 Å². The Balaban J connectivity index is 2.31. The number of carbonyl (C=O) groups is 2. The molecule has 2 amide bonds. The minimum atomic E-state index is -3.71. The fourth-order valence-corrected chi connectivity index (χ4v) is 4.01.